The lowest BCUT2D eigenvalue weighted by Gasteiger charge is -2.10. The van der Waals surface area contributed by atoms with E-state index in [-0.39, 0.29) is 12.3 Å². The summed E-state index contributed by atoms with van der Waals surface area (Å²) in [5.41, 5.74) is 3.57. The Labute approximate surface area is 161 Å². The average molecular weight is 394 g/mol. The SMILES string of the molecule is CCc1c(C(=O)NCCSSCCC(=O)O)cnn1-c1ccccc1C. The van der Waals surface area contributed by atoms with Gasteiger partial charge in [0.15, 0.2) is 0 Å². The molecule has 2 rings (SSSR count). The number of amides is 1. The van der Waals surface area contributed by atoms with Crippen LogP contribution in [0, 0.1) is 6.92 Å². The first-order chi connectivity index (χ1) is 12.5. The molecule has 0 saturated heterocycles. The predicted octanol–water partition coefficient (Wildman–Crippen LogP) is 3.33. The van der Waals surface area contributed by atoms with Crippen molar-refractivity contribution in [3.63, 3.8) is 0 Å². The van der Waals surface area contributed by atoms with Crippen LogP contribution < -0.4 is 5.32 Å². The van der Waals surface area contributed by atoms with Gasteiger partial charge >= 0.3 is 5.97 Å². The van der Waals surface area contributed by atoms with Crippen molar-refractivity contribution < 1.29 is 14.7 Å². The van der Waals surface area contributed by atoms with E-state index in [1.54, 1.807) is 17.0 Å². The number of rotatable bonds is 10. The number of nitrogens with zero attached hydrogens (tertiary/aromatic N) is 2. The van der Waals surface area contributed by atoms with Crippen molar-refractivity contribution in [2.75, 3.05) is 18.1 Å². The molecule has 0 aliphatic heterocycles. The fourth-order valence-electron chi connectivity index (χ4n) is 2.46. The summed E-state index contributed by atoms with van der Waals surface area (Å²) in [6.07, 6.45) is 2.48. The summed E-state index contributed by atoms with van der Waals surface area (Å²) in [5, 5.41) is 15.9. The molecule has 1 aromatic carbocycles. The molecule has 1 heterocycles. The standard InChI is InChI=1S/C18H23N3O3S2/c1-3-15-14(12-20-21(15)16-7-5-4-6-13(16)2)18(24)19-9-11-26-25-10-8-17(22)23/h4-7,12H,3,8-11H2,1-2H3,(H,19,24)(H,22,23). The number of hydrogen-bond acceptors (Lipinski definition) is 5. The third-order valence-corrected chi connectivity index (χ3v) is 6.15. The lowest BCUT2D eigenvalue weighted by Crippen LogP contribution is -2.26. The topological polar surface area (TPSA) is 84.2 Å². The number of aliphatic carboxylic acids is 1. The molecule has 1 amide bonds. The van der Waals surface area contributed by atoms with E-state index < -0.39 is 5.97 Å². The molecular formula is C18H23N3O3S2. The Morgan fingerprint density at radius 1 is 1.23 bits per heavy atom. The van der Waals surface area contributed by atoms with E-state index in [2.05, 4.69) is 10.4 Å². The van der Waals surface area contributed by atoms with E-state index in [0.29, 0.717) is 24.3 Å². The molecule has 0 aliphatic rings. The van der Waals surface area contributed by atoms with Gasteiger partial charge in [-0.3, -0.25) is 9.59 Å². The monoisotopic (exact) mass is 393 g/mol. The van der Waals surface area contributed by atoms with Crippen LogP contribution in [0.25, 0.3) is 5.69 Å². The molecule has 0 spiro atoms. The minimum absolute atomic E-state index is 0.127. The van der Waals surface area contributed by atoms with Crippen molar-refractivity contribution in [1.29, 1.82) is 0 Å². The minimum atomic E-state index is -0.788. The summed E-state index contributed by atoms with van der Waals surface area (Å²) in [4.78, 5) is 22.9. The van der Waals surface area contributed by atoms with Gasteiger partial charge in [-0.25, -0.2) is 4.68 Å². The van der Waals surface area contributed by atoms with Crippen molar-refractivity contribution in [3.05, 3.63) is 47.3 Å². The van der Waals surface area contributed by atoms with Crippen LogP contribution >= 0.6 is 21.6 Å². The summed E-state index contributed by atoms with van der Waals surface area (Å²) >= 11 is 0. The predicted molar refractivity (Wildman–Crippen MR) is 107 cm³/mol. The van der Waals surface area contributed by atoms with Crippen molar-refractivity contribution in [3.8, 4) is 5.69 Å². The molecule has 8 heteroatoms. The van der Waals surface area contributed by atoms with Crippen LogP contribution in [0.15, 0.2) is 30.5 Å². The van der Waals surface area contributed by atoms with Crippen LogP contribution in [0.3, 0.4) is 0 Å². The van der Waals surface area contributed by atoms with Crippen molar-refractivity contribution in [2.45, 2.75) is 26.7 Å². The maximum atomic E-state index is 12.5. The van der Waals surface area contributed by atoms with E-state index in [1.807, 2.05) is 42.8 Å². The van der Waals surface area contributed by atoms with Crippen LogP contribution in [-0.2, 0) is 11.2 Å². The zero-order valence-corrected chi connectivity index (χ0v) is 16.5. The first-order valence-corrected chi connectivity index (χ1v) is 10.9. The first kappa shape index (κ1) is 20.4. The molecule has 1 aromatic heterocycles. The zero-order chi connectivity index (χ0) is 18.9. The Morgan fingerprint density at radius 3 is 2.65 bits per heavy atom. The molecule has 2 N–H and O–H groups in total. The Hall–Kier alpha value is -1.93. The van der Waals surface area contributed by atoms with E-state index in [9.17, 15) is 9.59 Å². The quantitative estimate of drug-likeness (QED) is 0.476. The fraction of sp³-hybridized carbons (Fsp3) is 0.389. The second-order valence-electron chi connectivity index (χ2n) is 5.60. The number of para-hydroxylation sites is 1. The number of aromatic nitrogens is 2. The van der Waals surface area contributed by atoms with Crippen LogP contribution in [-0.4, -0.2) is 44.8 Å². The van der Waals surface area contributed by atoms with Gasteiger partial charge in [0.05, 0.1) is 29.6 Å². The molecule has 0 aliphatic carbocycles. The number of carboxylic acids is 1. The largest absolute Gasteiger partial charge is 0.481 e. The highest BCUT2D eigenvalue weighted by atomic mass is 33.1. The van der Waals surface area contributed by atoms with Crippen LogP contribution in [0.4, 0.5) is 0 Å². The van der Waals surface area contributed by atoms with Crippen LogP contribution in [0.1, 0.15) is 35.0 Å². The number of carboxylic acid groups (broad SMARTS) is 1. The smallest absolute Gasteiger partial charge is 0.304 e. The average Bonchev–Trinajstić information content (AvgIpc) is 3.04. The Morgan fingerprint density at radius 2 is 1.96 bits per heavy atom. The Bertz CT molecular complexity index is 762. The highest BCUT2D eigenvalue weighted by Crippen LogP contribution is 2.21. The molecule has 2 aromatic rings. The highest BCUT2D eigenvalue weighted by Gasteiger charge is 2.17. The normalized spacial score (nSPS) is 10.7. The number of carbonyl (C=O) groups excluding carboxylic acids is 1. The Balaban J connectivity index is 1.91. The van der Waals surface area contributed by atoms with Gasteiger partial charge in [-0.2, -0.15) is 5.10 Å². The van der Waals surface area contributed by atoms with Gasteiger partial charge in [0, 0.05) is 18.1 Å². The van der Waals surface area contributed by atoms with Crippen LogP contribution in [0.2, 0.25) is 0 Å². The minimum Gasteiger partial charge on any atom is -0.481 e. The number of carbonyl (C=O) groups is 2. The van der Waals surface area contributed by atoms with Gasteiger partial charge in [0.2, 0.25) is 0 Å². The van der Waals surface area contributed by atoms with Gasteiger partial charge in [-0.1, -0.05) is 46.7 Å². The molecule has 0 unspecified atom stereocenters. The molecule has 0 fully saturated rings. The van der Waals surface area contributed by atoms with Crippen molar-refractivity contribution >= 4 is 33.5 Å². The Kier molecular flexibility index (Phi) is 8.06. The molecule has 0 bridgehead atoms. The molecule has 140 valence electrons. The molecular weight excluding hydrogens is 370 g/mol. The molecule has 0 radical (unpaired) electrons. The van der Waals surface area contributed by atoms with Gasteiger partial charge in [-0.05, 0) is 25.0 Å². The lowest BCUT2D eigenvalue weighted by atomic mass is 10.1. The molecule has 6 nitrogen and oxygen atoms in total. The van der Waals surface area contributed by atoms with Crippen LogP contribution in [0.5, 0.6) is 0 Å². The highest BCUT2D eigenvalue weighted by molar-refractivity contribution is 8.76. The lowest BCUT2D eigenvalue weighted by molar-refractivity contribution is -0.136. The molecule has 0 saturated carbocycles. The number of aryl methyl sites for hydroxylation is 1. The van der Waals surface area contributed by atoms with Crippen molar-refractivity contribution in [2.24, 2.45) is 0 Å². The number of benzene rings is 1. The second-order valence-corrected chi connectivity index (χ2v) is 8.30. The van der Waals surface area contributed by atoms with E-state index in [1.165, 1.54) is 10.8 Å². The maximum absolute atomic E-state index is 12.5. The number of nitrogens with one attached hydrogen (secondary N) is 1. The van der Waals surface area contributed by atoms with E-state index in [0.717, 1.165) is 22.7 Å². The van der Waals surface area contributed by atoms with Gasteiger partial charge in [0.1, 0.15) is 0 Å². The van der Waals surface area contributed by atoms with E-state index in [4.69, 9.17) is 5.11 Å². The number of hydrogen-bond donors (Lipinski definition) is 2. The third kappa shape index (κ3) is 5.54. The summed E-state index contributed by atoms with van der Waals surface area (Å²) in [7, 11) is 3.07. The van der Waals surface area contributed by atoms with Gasteiger partial charge in [-0.15, -0.1) is 0 Å². The summed E-state index contributed by atoms with van der Waals surface area (Å²) in [5.74, 6) is 0.377. The van der Waals surface area contributed by atoms with Crippen molar-refractivity contribution in [1.82, 2.24) is 15.1 Å². The van der Waals surface area contributed by atoms with E-state index >= 15 is 0 Å². The fourth-order valence-corrected chi connectivity index (χ4v) is 4.35. The van der Waals surface area contributed by atoms with Gasteiger partial charge < -0.3 is 10.4 Å². The summed E-state index contributed by atoms with van der Waals surface area (Å²) in [6, 6.07) is 7.96. The summed E-state index contributed by atoms with van der Waals surface area (Å²) in [6.45, 7) is 4.56. The third-order valence-electron chi connectivity index (χ3n) is 3.75. The first-order valence-electron chi connectivity index (χ1n) is 8.42. The van der Waals surface area contributed by atoms with Gasteiger partial charge in [0.25, 0.3) is 5.91 Å². The maximum Gasteiger partial charge on any atom is 0.304 e. The molecule has 26 heavy (non-hydrogen) atoms. The summed E-state index contributed by atoms with van der Waals surface area (Å²) < 4.78 is 1.83. The molecule has 0 atom stereocenters. The second kappa shape index (κ2) is 10.3. The zero-order valence-electron chi connectivity index (χ0n) is 14.9.